The number of aryl methyl sites for hydroxylation is 2. The minimum atomic E-state index is 0.510. The second kappa shape index (κ2) is 7.25. The lowest BCUT2D eigenvalue weighted by Gasteiger charge is -2.22. The van der Waals surface area contributed by atoms with Crippen molar-refractivity contribution in [1.29, 1.82) is 0 Å². The summed E-state index contributed by atoms with van der Waals surface area (Å²) in [4.78, 5) is 9.71. The molecule has 1 aromatic rings. The summed E-state index contributed by atoms with van der Waals surface area (Å²) in [6.45, 7) is 5.04. The Balaban J connectivity index is 2.34. The Morgan fingerprint density at radius 2 is 1.84 bits per heavy atom. The molecule has 0 aromatic carbocycles. The number of thioether (sulfide) groups is 1. The van der Waals surface area contributed by atoms with Crippen molar-refractivity contribution in [3.63, 3.8) is 0 Å². The summed E-state index contributed by atoms with van der Waals surface area (Å²) in [6, 6.07) is 0. The van der Waals surface area contributed by atoms with E-state index in [-0.39, 0.29) is 0 Å². The minimum absolute atomic E-state index is 0.510. The fourth-order valence-electron chi connectivity index (χ4n) is 2.71. The highest BCUT2D eigenvalue weighted by Crippen LogP contribution is 2.37. The monoisotopic (exact) mass is 279 g/mol. The topological polar surface area (TPSA) is 51.8 Å². The maximum absolute atomic E-state index is 5.73. The van der Waals surface area contributed by atoms with Crippen LogP contribution in [-0.4, -0.2) is 22.3 Å². The van der Waals surface area contributed by atoms with Crippen molar-refractivity contribution in [3.05, 3.63) is 22.8 Å². The molecule has 0 aliphatic carbocycles. The van der Waals surface area contributed by atoms with Gasteiger partial charge in [0.15, 0.2) is 0 Å². The summed E-state index contributed by atoms with van der Waals surface area (Å²) in [5, 5.41) is 0.510. The van der Waals surface area contributed by atoms with Gasteiger partial charge in [-0.05, 0) is 50.0 Å². The van der Waals surface area contributed by atoms with E-state index in [0.29, 0.717) is 11.8 Å². The first-order valence-corrected chi connectivity index (χ1v) is 8.55. The Hall–Kier alpha value is -0.610. The summed E-state index contributed by atoms with van der Waals surface area (Å²) in [5.74, 6) is 2.32. The van der Waals surface area contributed by atoms with Crippen LogP contribution in [0.25, 0.3) is 0 Å². The third kappa shape index (κ3) is 3.48. The van der Waals surface area contributed by atoms with Crippen molar-refractivity contribution >= 4 is 11.8 Å². The molecule has 2 rings (SSSR count). The van der Waals surface area contributed by atoms with Crippen molar-refractivity contribution in [2.24, 2.45) is 5.73 Å². The Labute approximate surface area is 120 Å². The Bertz CT molecular complexity index is 389. The Morgan fingerprint density at radius 1 is 1.16 bits per heavy atom. The van der Waals surface area contributed by atoms with Crippen LogP contribution >= 0.6 is 11.8 Å². The van der Waals surface area contributed by atoms with E-state index in [1.165, 1.54) is 42.0 Å². The van der Waals surface area contributed by atoms with E-state index in [9.17, 15) is 0 Å². The van der Waals surface area contributed by atoms with Crippen molar-refractivity contribution in [1.82, 2.24) is 9.97 Å². The molecular weight excluding hydrogens is 254 g/mol. The second-order valence-electron chi connectivity index (χ2n) is 5.05. The number of nitrogens with two attached hydrogens (primary N) is 1. The van der Waals surface area contributed by atoms with Crippen LogP contribution in [0.5, 0.6) is 0 Å². The van der Waals surface area contributed by atoms with Gasteiger partial charge in [0, 0.05) is 11.4 Å². The Kier molecular flexibility index (Phi) is 5.64. The molecule has 2 heterocycles. The number of hydrogen-bond donors (Lipinski definition) is 1. The molecule has 1 aliphatic rings. The van der Waals surface area contributed by atoms with Gasteiger partial charge in [-0.3, -0.25) is 0 Å². The SMILES string of the molecule is CCc1nc(C2CCCCS2)nc(CC)c1CCN. The van der Waals surface area contributed by atoms with Crippen LogP contribution < -0.4 is 5.73 Å². The molecule has 1 atom stereocenters. The molecule has 0 radical (unpaired) electrons. The summed E-state index contributed by atoms with van der Waals surface area (Å²) in [5.41, 5.74) is 9.47. The lowest BCUT2D eigenvalue weighted by Crippen LogP contribution is -2.15. The highest BCUT2D eigenvalue weighted by molar-refractivity contribution is 7.99. The van der Waals surface area contributed by atoms with Gasteiger partial charge in [-0.15, -0.1) is 0 Å². The predicted octanol–water partition coefficient (Wildman–Crippen LogP) is 3.06. The lowest BCUT2D eigenvalue weighted by atomic mass is 10.0. The minimum Gasteiger partial charge on any atom is -0.330 e. The molecule has 1 saturated heterocycles. The van der Waals surface area contributed by atoms with E-state index >= 15 is 0 Å². The maximum atomic E-state index is 5.73. The normalized spacial score (nSPS) is 19.6. The van der Waals surface area contributed by atoms with E-state index < -0.39 is 0 Å². The summed E-state index contributed by atoms with van der Waals surface area (Å²) < 4.78 is 0. The van der Waals surface area contributed by atoms with E-state index in [4.69, 9.17) is 15.7 Å². The van der Waals surface area contributed by atoms with Crippen molar-refractivity contribution in [2.75, 3.05) is 12.3 Å². The first kappa shape index (κ1) is 14.8. The molecule has 2 N–H and O–H groups in total. The zero-order valence-corrected chi connectivity index (χ0v) is 12.9. The van der Waals surface area contributed by atoms with E-state index in [2.05, 4.69) is 13.8 Å². The van der Waals surface area contributed by atoms with Crippen LogP contribution in [0.1, 0.15) is 61.1 Å². The van der Waals surface area contributed by atoms with Crippen molar-refractivity contribution in [3.8, 4) is 0 Å². The molecule has 0 amide bonds. The van der Waals surface area contributed by atoms with Crippen LogP contribution in [0, 0.1) is 0 Å². The third-order valence-corrected chi connectivity index (χ3v) is 5.10. The van der Waals surface area contributed by atoms with Crippen LogP contribution in [-0.2, 0) is 19.3 Å². The average Bonchev–Trinajstić information content (AvgIpc) is 2.48. The lowest BCUT2D eigenvalue weighted by molar-refractivity contribution is 0.651. The fourth-order valence-corrected chi connectivity index (χ4v) is 3.95. The Morgan fingerprint density at radius 3 is 2.32 bits per heavy atom. The zero-order chi connectivity index (χ0) is 13.7. The van der Waals surface area contributed by atoms with Gasteiger partial charge in [-0.25, -0.2) is 9.97 Å². The number of hydrogen-bond acceptors (Lipinski definition) is 4. The third-order valence-electron chi connectivity index (χ3n) is 3.73. The zero-order valence-electron chi connectivity index (χ0n) is 12.1. The quantitative estimate of drug-likeness (QED) is 0.900. The van der Waals surface area contributed by atoms with Gasteiger partial charge in [0.25, 0.3) is 0 Å². The maximum Gasteiger partial charge on any atom is 0.141 e. The molecular formula is C15H25N3S. The summed E-state index contributed by atoms with van der Waals surface area (Å²) >= 11 is 2.02. The van der Waals surface area contributed by atoms with Crippen molar-refractivity contribution < 1.29 is 0 Å². The number of rotatable bonds is 5. The molecule has 1 unspecified atom stereocenters. The van der Waals surface area contributed by atoms with Crippen LogP contribution in [0.15, 0.2) is 0 Å². The molecule has 1 aromatic heterocycles. The summed E-state index contributed by atoms with van der Waals surface area (Å²) in [7, 11) is 0. The molecule has 0 spiro atoms. The molecule has 106 valence electrons. The van der Waals surface area contributed by atoms with Crippen LogP contribution in [0.4, 0.5) is 0 Å². The van der Waals surface area contributed by atoms with Crippen LogP contribution in [0.3, 0.4) is 0 Å². The van der Waals surface area contributed by atoms with Gasteiger partial charge in [0.1, 0.15) is 5.82 Å². The van der Waals surface area contributed by atoms with E-state index in [1.54, 1.807) is 0 Å². The molecule has 1 fully saturated rings. The fraction of sp³-hybridized carbons (Fsp3) is 0.733. The standard InChI is InChI=1S/C15H25N3S/c1-3-12-11(8-9-16)13(4-2)18-15(17-12)14-7-5-6-10-19-14/h14H,3-10,16H2,1-2H3. The van der Waals surface area contributed by atoms with Gasteiger partial charge in [0.05, 0.1) is 5.25 Å². The number of aromatic nitrogens is 2. The molecule has 0 saturated carbocycles. The van der Waals surface area contributed by atoms with Gasteiger partial charge in [0.2, 0.25) is 0 Å². The first-order chi connectivity index (χ1) is 9.30. The molecule has 1 aliphatic heterocycles. The molecule has 4 heteroatoms. The second-order valence-corrected chi connectivity index (χ2v) is 6.37. The summed E-state index contributed by atoms with van der Waals surface area (Å²) in [6.07, 6.45) is 6.75. The van der Waals surface area contributed by atoms with Crippen LogP contribution in [0.2, 0.25) is 0 Å². The molecule has 0 bridgehead atoms. The van der Waals surface area contributed by atoms with Gasteiger partial charge >= 0.3 is 0 Å². The van der Waals surface area contributed by atoms with E-state index in [1.807, 2.05) is 11.8 Å². The highest BCUT2D eigenvalue weighted by Gasteiger charge is 2.21. The average molecular weight is 279 g/mol. The van der Waals surface area contributed by atoms with Gasteiger partial charge in [-0.1, -0.05) is 20.3 Å². The first-order valence-electron chi connectivity index (χ1n) is 7.50. The highest BCUT2D eigenvalue weighted by atomic mass is 32.2. The van der Waals surface area contributed by atoms with E-state index in [0.717, 1.165) is 25.1 Å². The van der Waals surface area contributed by atoms with Gasteiger partial charge < -0.3 is 5.73 Å². The number of nitrogens with zero attached hydrogens (tertiary/aromatic N) is 2. The largest absolute Gasteiger partial charge is 0.330 e. The predicted molar refractivity (Wildman–Crippen MR) is 82.6 cm³/mol. The van der Waals surface area contributed by atoms with Gasteiger partial charge in [-0.2, -0.15) is 11.8 Å². The molecule has 19 heavy (non-hydrogen) atoms. The smallest absolute Gasteiger partial charge is 0.141 e. The van der Waals surface area contributed by atoms with Crippen molar-refractivity contribution in [2.45, 2.75) is 57.6 Å². The molecule has 3 nitrogen and oxygen atoms in total.